The van der Waals surface area contributed by atoms with Crippen LogP contribution < -0.4 is 5.73 Å². The lowest BCUT2D eigenvalue weighted by Gasteiger charge is -2.30. The zero-order valence-electron chi connectivity index (χ0n) is 9.76. The normalized spacial score (nSPS) is 25.2. The van der Waals surface area contributed by atoms with E-state index in [4.69, 9.17) is 10.5 Å². The van der Waals surface area contributed by atoms with Gasteiger partial charge >= 0.3 is 0 Å². The van der Waals surface area contributed by atoms with Gasteiger partial charge in [-0.05, 0) is 41.8 Å². The van der Waals surface area contributed by atoms with Crippen LogP contribution in [0.25, 0.3) is 10.1 Å². The summed E-state index contributed by atoms with van der Waals surface area (Å²) in [4.78, 5) is 0. The maximum Gasteiger partial charge on any atom is 0.0879 e. The summed E-state index contributed by atoms with van der Waals surface area (Å²) in [5.74, 6) is 0.474. The van der Waals surface area contributed by atoms with Crippen molar-refractivity contribution in [1.82, 2.24) is 0 Å². The van der Waals surface area contributed by atoms with Gasteiger partial charge in [-0.3, -0.25) is 0 Å². The molecule has 1 aromatic carbocycles. The second-order valence-corrected chi connectivity index (χ2v) is 5.53. The van der Waals surface area contributed by atoms with Gasteiger partial charge in [0.2, 0.25) is 0 Å². The predicted molar refractivity (Wildman–Crippen MR) is 72.3 cm³/mol. The van der Waals surface area contributed by atoms with Gasteiger partial charge in [-0.15, -0.1) is 11.3 Å². The van der Waals surface area contributed by atoms with Gasteiger partial charge in [0, 0.05) is 17.2 Å². The summed E-state index contributed by atoms with van der Waals surface area (Å²) in [5, 5.41) is 3.58. The van der Waals surface area contributed by atoms with Crippen molar-refractivity contribution in [2.24, 2.45) is 11.7 Å². The minimum atomic E-state index is 0.199. The summed E-state index contributed by atoms with van der Waals surface area (Å²) in [6, 6.07) is 8.54. The second kappa shape index (κ2) is 4.77. The van der Waals surface area contributed by atoms with Crippen LogP contribution in [-0.4, -0.2) is 13.2 Å². The van der Waals surface area contributed by atoms with E-state index in [0.717, 1.165) is 19.6 Å². The molecular weight excluding hydrogens is 230 g/mol. The second-order valence-electron chi connectivity index (χ2n) is 4.62. The van der Waals surface area contributed by atoms with Crippen LogP contribution in [-0.2, 0) is 4.74 Å². The van der Waals surface area contributed by atoms with Gasteiger partial charge in [0.1, 0.15) is 0 Å². The third-order valence-electron chi connectivity index (χ3n) is 3.57. The highest BCUT2D eigenvalue weighted by Crippen LogP contribution is 2.39. The largest absolute Gasteiger partial charge is 0.373 e. The fourth-order valence-electron chi connectivity index (χ4n) is 2.65. The van der Waals surface area contributed by atoms with Gasteiger partial charge in [0.25, 0.3) is 0 Å². The molecule has 2 nitrogen and oxygen atoms in total. The Hall–Kier alpha value is -0.900. The summed E-state index contributed by atoms with van der Waals surface area (Å²) in [5.41, 5.74) is 7.20. The van der Waals surface area contributed by atoms with Crippen molar-refractivity contribution in [2.45, 2.75) is 18.9 Å². The van der Waals surface area contributed by atoms with E-state index in [0.29, 0.717) is 5.92 Å². The lowest BCUT2D eigenvalue weighted by Crippen LogP contribution is -2.28. The Morgan fingerprint density at radius 3 is 3.12 bits per heavy atom. The zero-order chi connectivity index (χ0) is 11.7. The van der Waals surface area contributed by atoms with E-state index in [9.17, 15) is 0 Å². The molecule has 1 fully saturated rings. The number of rotatable bonds is 2. The quantitative estimate of drug-likeness (QED) is 0.883. The molecule has 1 aliphatic heterocycles. The Balaban J connectivity index is 2.01. The smallest absolute Gasteiger partial charge is 0.0879 e. The monoisotopic (exact) mass is 247 g/mol. The van der Waals surface area contributed by atoms with Gasteiger partial charge in [-0.1, -0.05) is 18.2 Å². The van der Waals surface area contributed by atoms with Crippen molar-refractivity contribution in [3.05, 3.63) is 35.2 Å². The van der Waals surface area contributed by atoms with Crippen LogP contribution in [0, 0.1) is 5.92 Å². The number of ether oxygens (including phenoxy) is 1. The molecule has 17 heavy (non-hydrogen) atoms. The van der Waals surface area contributed by atoms with Crippen molar-refractivity contribution >= 4 is 21.4 Å². The Labute approximate surface area is 105 Å². The van der Waals surface area contributed by atoms with Crippen molar-refractivity contribution < 1.29 is 4.74 Å². The molecule has 0 amide bonds. The minimum absolute atomic E-state index is 0.199. The Bertz CT molecular complexity index is 508. The van der Waals surface area contributed by atoms with Crippen LogP contribution in [0.4, 0.5) is 0 Å². The molecule has 1 aliphatic rings. The molecule has 2 aromatic rings. The molecule has 0 radical (unpaired) electrons. The molecule has 1 aromatic heterocycles. The van der Waals surface area contributed by atoms with Gasteiger partial charge in [0.05, 0.1) is 6.10 Å². The van der Waals surface area contributed by atoms with E-state index in [1.807, 2.05) is 0 Å². The topological polar surface area (TPSA) is 35.2 Å². The van der Waals surface area contributed by atoms with Crippen LogP contribution >= 0.6 is 11.3 Å². The fourth-order valence-corrected chi connectivity index (χ4v) is 3.63. The summed E-state index contributed by atoms with van der Waals surface area (Å²) < 4.78 is 7.30. The Morgan fingerprint density at radius 2 is 2.24 bits per heavy atom. The SMILES string of the molecule is NCC1CCCOC1c1csc2ccccc12. The number of thiophene rings is 1. The fraction of sp³-hybridized carbons (Fsp3) is 0.429. The van der Waals surface area contributed by atoms with E-state index in [1.165, 1.54) is 22.1 Å². The average molecular weight is 247 g/mol. The molecular formula is C14H17NOS. The molecule has 0 saturated carbocycles. The lowest BCUT2D eigenvalue weighted by molar-refractivity contribution is -0.0240. The third-order valence-corrected chi connectivity index (χ3v) is 4.55. The molecule has 90 valence electrons. The first kappa shape index (κ1) is 11.2. The Kier molecular flexibility index (Phi) is 3.14. The highest BCUT2D eigenvalue weighted by molar-refractivity contribution is 7.17. The predicted octanol–water partition coefficient (Wildman–Crippen LogP) is 3.33. The number of hydrogen-bond donors (Lipinski definition) is 1. The molecule has 2 unspecified atom stereocenters. The molecule has 2 N–H and O–H groups in total. The summed E-state index contributed by atoms with van der Waals surface area (Å²) in [6.45, 7) is 1.58. The van der Waals surface area contributed by atoms with Crippen molar-refractivity contribution in [2.75, 3.05) is 13.2 Å². The molecule has 3 heteroatoms. The van der Waals surface area contributed by atoms with E-state index >= 15 is 0 Å². The van der Waals surface area contributed by atoms with Gasteiger partial charge < -0.3 is 10.5 Å². The average Bonchev–Trinajstić information content (AvgIpc) is 2.82. The summed E-state index contributed by atoms with van der Waals surface area (Å²) >= 11 is 1.80. The van der Waals surface area contributed by atoms with Crippen LogP contribution in [0.3, 0.4) is 0 Å². The molecule has 0 spiro atoms. The highest BCUT2D eigenvalue weighted by atomic mass is 32.1. The van der Waals surface area contributed by atoms with E-state index < -0.39 is 0 Å². The zero-order valence-corrected chi connectivity index (χ0v) is 10.6. The first-order chi connectivity index (χ1) is 8.40. The number of nitrogens with two attached hydrogens (primary N) is 1. The van der Waals surface area contributed by atoms with Gasteiger partial charge in [-0.25, -0.2) is 0 Å². The maximum atomic E-state index is 5.96. The molecule has 2 atom stereocenters. The van der Waals surface area contributed by atoms with Crippen molar-refractivity contribution in [3.63, 3.8) is 0 Å². The molecule has 3 rings (SSSR count). The first-order valence-corrected chi connectivity index (χ1v) is 7.06. The minimum Gasteiger partial charge on any atom is -0.373 e. The summed E-state index contributed by atoms with van der Waals surface area (Å²) in [7, 11) is 0. The number of hydrogen-bond acceptors (Lipinski definition) is 3. The molecule has 2 heterocycles. The van der Waals surface area contributed by atoms with Crippen molar-refractivity contribution in [1.29, 1.82) is 0 Å². The van der Waals surface area contributed by atoms with Crippen LogP contribution in [0.2, 0.25) is 0 Å². The number of fused-ring (bicyclic) bond motifs is 1. The standard InChI is InChI=1S/C14H17NOS/c15-8-10-4-3-7-16-14(10)12-9-17-13-6-2-1-5-11(12)13/h1-2,5-6,9-10,14H,3-4,7-8,15H2. The van der Waals surface area contributed by atoms with E-state index in [2.05, 4.69) is 29.6 Å². The van der Waals surface area contributed by atoms with Crippen molar-refractivity contribution in [3.8, 4) is 0 Å². The first-order valence-electron chi connectivity index (χ1n) is 6.18. The summed E-state index contributed by atoms with van der Waals surface area (Å²) in [6.07, 6.45) is 2.52. The van der Waals surface area contributed by atoms with Gasteiger partial charge in [0.15, 0.2) is 0 Å². The molecule has 1 saturated heterocycles. The number of benzene rings is 1. The van der Waals surface area contributed by atoms with Gasteiger partial charge in [-0.2, -0.15) is 0 Å². The van der Waals surface area contributed by atoms with Crippen LogP contribution in [0.1, 0.15) is 24.5 Å². The third kappa shape index (κ3) is 1.99. The van der Waals surface area contributed by atoms with Crippen LogP contribution in [0.5, 0.6) is 0 Å². The van der Waals surface area contributed by atoms with E-state index in [1.54, 1.807) is 11.3 Å². The highest BCUT2D eigenvalue weighted by Gasteiger charge is 2.28. The Morgan fingerprint density at radius 1 is 1.35 bits per heavy atom. The van der Waals surface area contributed by atoms with E-state index in [-0.39, 0.29) is 6.10 Å². The lowest BCUT2D eigenvalue weighted by atomic mass is 9.89. The molecule has 0 bridgehead atoms. The molecule has 0 aliphatic carbocycles. The maximum absolute atomic E-state index is 5.96. The van der Waals surface area contributed by atoms with Crippen LogP contribution in [0.15, 0.2) is 29.6 Å².